The molecule has 38 heavy (non-hydrogen) atoms. The van der Waals surface area contributed by atoms with Crippen molar-refractivity contribution < 1.29 is 9.59 Å². The zero-order valence-corrected chi connectivity index (χ0v) is 25.7. The summed E-state index contributed by atoms with van der Waals surface area (Å²) >= 11 is 4.66. The van der Waals surface area contributed by atoms with Crippen LogP contribution in [0.2, 0.25) is 0 Å². The van der Waals surface area contributed by atoms with E-state index in [0.29, 0.717) is 24.2 Å². The summed E-state index contributed by atoms with van der Waals surface area (Å²) in [6, 6.07) is 33.5. The van der Waals surface area contributed by atoms with Gasteiger partial charge in [-0.2, -0.15) is 0 Å². The molecule has 0 saturated carbocycles. The molecular weight excluding hydrogens is 698 g/mol. The van der Waals surface area contributed by atoms with Crippen molar-refractivity contribution in [2.24, 2.45) is 0 Å². The van der Waals surface area contributed by atoms with Crippen molar-refractivity contribution >= 4 is 56.7 Å². The van der Waals surface area contributed by atoms with Gasteiger partial charge < -0.3 is 0 Å². The second-order valence-electron chi connectivity index (χ2n) is 9.36. The van der Waals surface area contributed by atoms with E-state index in [9.17, 15) is 9.59 Å². The Morgan fingerprint density at radius 2 is 0.868 bits per heavy atom. The molecule has 0 unspecified atom stereocenters. The fraction of sp³-hybridized carbons (Fsp3) is 0.188. The molecule has 0 heterocycles. The van der Waals surface area contributed by atoms with Crippen LogP contribution in [0.15, 0.2) is 109 Å². The van der Waals surface area contributed by atoms with Crippen LogP contribution in [0, 0.1) is 7.14 Å². The Morgan fingerprint density at radius 1 is 0.553 bits per heavy atom. The van der Waals surface area contributed by atoms with E-state index in [1.54, 1.807) is 0 Å². The lowest BCUT2D eigenvalue weighted by molar-refractivity contribution is 0.0541. The average Bonchev–Trinajstić information content (AvgIpc) is 2.94. The maximum atomic E-state index is 14.2. The van der Waals surface area contributed by atoms with Crippen LogP contribution in [0.4, 0.5) is 0 Å². The zero-order valence-electron chi connectivity index (χ0n) is 21.4. The van der Waals surface area contributed by atoms with Crippen LogP contribution in [0.1, 0.15) is 31.8 Å². The van der Waals surface area contributed by atoms with Crippen LogP contribution in [-0.4, -0.2) is 47.5 Å². The van der Waals surface area contributed by atoms with Crippen LogP contribution in [0.5, 0.6) is 0 Å². The van der Waals surface area contributed by atoms with Crippen molar-refractivity contribution in [1.82, 2.24) is 9.80 Å². The van der Waals surface area contributed by atoms with Gasteiger partial charge in [0.25, 0.3) is 0 Å². The van der Waals surface area contributed by atoms with Crippen LogP contribution < -0.4 is 0 Å². The summed E-state index contributed by atoms with van der Waals surface area (Å²) in [5.41, 5.74) is 3.43. The van der Waals surface area contributed by atoms with E-state index in [-0.39, 0.29) is 11.6 Å². The highest BCUT2D eigenvalue weighted by atomic mass is 127. The first-order valence-corrected chi connectivity index (χ1v) is 14.6. The molecule has 0 aliphatic heterocycles. The predicted molar refractivity (Wildman–Crippen MR) is 170 cm³/mol. The van der Waals surface area contributed by atoms with Crippen molar-refractivity contribution in [3.63, 3.8) is 0 Å². The molecule has 4 rings (SSSR count). The van der Waals surface area contributed by atoms with Crippen molar-refractivity contribution in [3.8, 4) is 0 Å². The molecule has 0 N–H and O–H groups in total. The number of hydrogen-bond acceptors (Lipinski definition) is 4. The molecule has 4 aromatic carbocycles. The summed E-state index contributed by atoms with van der Waals surface area (Å²) in [6.45, 7) is 1.08. The Balaban J connectivity index is 1.80. The van der Waals surface area contributed by atoms with Gasteiger partial charge in [-0.25, -0.2) is 0 Å². The summed E-state index contributed by atoms with van der Waals surface area (Å²) in [4.78, 5) is 32.5. The molecule has 4 aromatic rings. The highest BCUT2D eigenvalue weighted by Crippen LogP contribution is 2.25. The van der Waals surface area contributed by atoms with Crippen LogP contribution in [0.25, 0.3) is 0 Å². The van der Waals surface area contributed by atoms with E-state index in [0.717, 1.165) is 18.3 Å². The van der Waals surface area contributed by atoms with Crippen molar-refractivity contribution in [2.45, 2.75) is 25.2 Å². The minimum absolute atomic E-state index is 0.0667. The number of rotatable bonds is 11. The van der Waals surface area contributed by atoms with Gasteiger partial charge in [-0.05, 0) is 82.5 Å². The quantitative estimate of drug-likeness (QED) is 0.124. The third-order valence-corrected chi connectivity index (χ3v) is 8.76. The zero-order chi connectivity index (χ0) is 27.1. The lowest BCUT2D eigenvalue weighted by Gasteiger charge is -2.38. The molecule has 0 amide bonds. The summed E-state index contributed by atoms with van der Waals surface area (Å²) in [5.74, 6) is -0.133. The van der Waals surface area contributed by atoms with E-state index in [4.69, 9.17) is 0 Å². The van der Waals surface area contributed by atoms with E-state index >= 15 is 0 Å². The lowest BCUT2D eigenvalue weighted by atomic mass is 9.89. The number of nitrogens with zero attached hydrogens (tertiary/aromatic N) is 2. The molecule has 0 radical (unpaired) electrons. The summed E-state index contributed by atoms with van der Waals surface area (Å²) < 4.78 is 2.25. The van der Waals surface area contributed by atoms with Crippen molar-refractivity contribution in [3.05, 3.63) is 139 Å². The van der Waals surface area contributed by atoms with E-state index in [2.05, 4.69) is 69.4 Å². The number of likely N-dealkylation sites (N-methyl/N-ethyl adjacent to an activating group) is 2. The van der Waals surface area contributed by atoms with E-state index in [1.807, 2.05) is 109 Å². The lowest BCUT2D eigenvalue weighted by Crippen LogP contribution is -2.56. The largest absolute Gasteiger partial charge is 0.292 e. The molecule has 0 aliphatic rings. The standard InChI is InChI=1S/C32H30I2N2O2/c1-35(21-25-17-9-11-19-27(25)33)29(31(37)23-13-5-3-6-14-23)30(32(38)24-15-7-4-8-16-24)36(2)22-26-18-10-12-20-28(26)34/h3-20,29-30H,21-22H2,1-2H3/t29-,30-/m1/s1. The van der Waals surface area contributed by atoms with E-state index in [1.165, 1.54) is 0 Å². The van der Waals surface area contributed by atoms with Crippen LogP contribution in [-0.2, 0) is 13.1 Å². The summed E-state index contributed by atoms with van der Waals surface area (Å²) in [7, 11) is 3.89. The first-order valence-electron chi connectivity index (χ1n) is 12.4. The van der Waals surface area contributed by atoms with Gasteiger partial charge in [0.15, 0.2) is 11.6 Å². The van der Waals surface area contributed by atoms with Gasteiger partial charge in [0.2, 0.25) is 0 Å². The van der Waals surface area contributed by atoms with Crippen LogP contribution in [0.3, 0.4) is 0 Å². The number of halogens is 2. The van der Waals surface area contributed by atoms with E-state index < -0.39 is 12.1 Å². The van der Waals surface area contributed by atoms with Gasteiger partial charge >= 0.3 is 0 Å². The van der Waals surface area contributed by atoms with Gasteiger partial charge in [0, 0.05) is 31.4 Å². The number of carbonyl (C=O) groups excluding carboxylic acids is 2. The second-order valence-corrected chi connectivity index (χ2v) is 11.7. The highest BCUT2D eigenvalue weighted by molar-refractivity contribution is 14.1. The molecule has 0 saturated heterocycles. The number of benzene rings is 4. The maximum Gasteiger partial charge on any atom is 0.182 e. The summed E-state index contributed by atoms with van der Waals surface area (Å²) in [5, 5.41) is 0. The molecule has 4 nitrogen and oxygen atoms in total. The molecule has 0 aliphatic carbocycles. The molecule has 0 fully saturated rings. The predicted octanol–water partition coefficient (Wildman–Crippen LogP) is 6.96. The number of Topliss-reactive ketones (excluding diaryl/α,β-unsaturated/α-hetero) is 2. The van der Waals surface area contributed by atoms with Gasteiger partial charge in [-0.15, -0.1) is 0 Å². The Kier molecular flexibility index (Phi) is 10.2. The Morgan fingerprint density at radius 3 is 1.21 bits per heavy atom. The topological polar surface area (TPSA) is 40.6 Å². The smallest absolute Gasteiger partial charge is 0.182 e. The third kappa shape index (κ3) is 6.97. The Bertz CT molecular complexity index is 1270. The van der Waals surface area contributed by atoms with Gasteiger partial charge in [0.1, 0.15) is 0 Å². The molecule has 0 aromatic heterocycles. The summed E-state index contributed by atoms with van der Waals surface area (Å²) in [6.07, 6.45) is 0. The SMILES string of the molecule is CN(Cc1ccccc1I)[C@@H](C(=O)c1ccccc1)[C@H](C(=O)c1ccccc1)N(C)Cc1ccccc1I. The molecule has 0 bridgehead atoms. The Labute approximate surface area is 252 Å². The molecule has 194 valence electrons. The Hall–Kier alpha value is -2.40. The van der Waals surface area contributed by atoms with Gasteiger partial charge in [-0.3, -0.25) is 19.4 Å². The van der Waals surface area contributed by atoms with Gasteiger partial charge in [-0.1, -0.05) is 97.1 Å². The number of ketones is 2. The first-order chi connectivity index (χ1) is 18.4. The molecule has 6 heteroatoms. The fourth-order valence-corrected chi connectivity index (χ4v) is 5.82. The van der Waals surface area contributed by atoms with Crippen molar-refractivity contribution in [2.75, 3.05) is 14.1 Å². The average molecular weight is 728 g/mol. The monoisotopic (exact) mass is 728 g/mol. The number of hydrogen-bond donors (Lipinski definition) is 0. The highest BCUT2D eigenvalue weighted by Gasteiger charge is 2.40. The number of carbonyl (C=O) groups is 2. The minimum atomic E-state index is -0.701. The minimum Gasteiger partial charge on any atom is -0.292 e. The normalized spacial score (nSPS) is 12.9. The van der Waals surface area contributed by atoms with Gasteiger partial charge in [0.05, 0.1) is 12.1 Å². The fourth-order valence-electron chi connectivity index (χ4n) is 4.70. The maximum absolute atomic E-state index is 14.2. The third-order valence-electron chi connectivity index (χ3n) is 6.66. The van der Waals surface area contributed by atoms with Crippen molar-refractivity contribution in [1.29, 1.82) is 0 Å². The molecular formula is C32H30I2N2O2. The van der Waals surface area contributed by atoms with Crippen LogP contribution >= 0.6 is 45.2 Å². The first kappa shape index (κ1) is 28.6. The molecule has 0 spiro atoms. The molecule has 2 atom stereocenters. The second kappa shape index (κ2) is 13.6.